The Bertz CT molecular complexity index is 801. The number of nitrogens with zero attached hydrogens (tertiary/aromatic N) is 3. The predicted octanol–water partition coefficient (Wildman–Crippen LogP) is 2.07. The molecule has 1 atom stereocenters. The molecule has 6 nitrogen and oxygen atoms in total. The molecule has 1 N–H and O–H groups in total. The molecular formula is C18H20N4O2S. The van der Waals surface area contributed by atoms with E-state index in [4.69, 9.17) is 4.74 Å². The Balaban J connectivity index is 1.21. The van der Waals surface area contributed by atoms with Gasteiger partial charge in [0.1, 0.15) is 11.9 Å². The van der Waals surface area contributed by atoms with Crippen LogP contribution in [0.5, 0.6) is 5.75 Å². The van der Waals surface area contributed by atoms with Crippen molar-refractivity contribution in [1.29, 1.82) is 0 Å². The van der Waals surface area contributed by atoms with E-state index in [1.54, 1.807) is 12.4 Å². The number of H-pyrrole nitrogens is 1. The summed E-state index contributed by atoms with van der Waals surface area (Å²) >= 11 is 1.94. The van der Waals surface area contributed by atoms with E-state index in [-0.39, 0.29) is 16.8 Å². The van der Waals surface area contributed by atoms with Crippen molar-refractivity contribution in [2.75, 3.05) is 18.8 Å². The first-order valence-corrected chi connectivity index (χ1v) is 9.77. The summed E-state index contributed by atoms with van der Waals surface area (Å²) in [5.41, 5.74) is 2.94. The number of ether oxygens (including phenoxy) is 1. The molecule has 0 saturated carbocycles. The lowest BCUT2D eigenvalue weighted by atomic mass is 9.92. The third-order valence-corrected chi connectivity index (χ3v) is 6.94. The number of pyridine rings is 1. The molecular weight excluding hydrogens is 336 g/mol. The van der Waals surface area contributed by atoms with Crippen LogP contribution in [0.15, 0.2) is 24.5 Å². The van der Waals surface area contributed by atoms with Crippen LogP contribution in [0.3, 0.4) is 0 Å². The zero-order valence-electron chi connectivity index (χ0n) is 13.9. The molecule has 1 aliphatic carbocycles. The molecule has 7 heteroatoms. The Morgan fingerprint density at radius 1 is 1.40 bits per heavy atom. The monoisotopic (exact) mass is 356 g/mol. The molecule has 3 aliphatic rings. The molecule has 0 bridgehead atoms. The van der Waals surface area contributed by atoms with Gasteiger partial charge >= 0.3 is 0 Å². The molecule has 4 heterocycles. The highest BCUT2D eigenvalue weighted by atomic mass is 32.2. The van der Waals surface area contributed by atoms with Crippen molar-refractivity contribution < 1.29 is 9.53 Å². The van der Waals surface area contributed by atoms with Gasteiger partial charge in [0.15, 0.2) is 5.69 Å². The molecule has 0 unspecified atom stereocenters. The minimum Gasteiger partial charge on any atom is -0.488 e. The zero-order chi connectivity index (χ0) is 16.9. The molecule has 2 fully saturated rings. The van der Waals surface area contributed by atoms with Crippen molar-refractivity contribution in [2.45, 2.75) is 36.5 Å². The highest BCUT2D eigenvalue weighted by Crippen LogP contribution is 2.46. The molecule has 1 spiro atoms. The van der Waals surface area contributed by atoms with Gasteiger partial charge in [-0.25, -0.2) is 0 Å². The molecule has 2 aromatic heterocycles. The van der Waals surface area contributed by atoms with Crippen molar-refractivity contribution in [3.63, 3.8) is 0 Å². The number of rotatable bonds is 3. The van der Waals surface area contributed by atoms with E-state index in [2.05, 4.69) is 15.2 Å². The SMILES string of the molecule is O=C(c1n[nH]c2c1CCC2)N1CC2(C[C@@H](Oc3cccnc3)CS2)C1. The summed E-state index contributed by atoms with van der Waals surface area (Å²) < 4.78 is 6.19. The van der Waals surface area contributed by atoms with Gasteiger partial charge in [0.25, 0.3) is 5.91 Å². The van der Waals surface area contributed by atoms with Gasteiger partial charge in [-0.05, 0) is 31.4 Å². The van der Waals surface area contributed by atoms with Crippen LogP contribution in [-0.4, -0.2) is 55.7 Å². The fraction of sp³-hybridized carbons (Fsp3) is 0.500. The maximum Gasteiger partial charge on any atom is 0.274 e. The van der Waals surface area contributed by atoms with E-state index in [1.807, 2.05) is 28.8 Å². The number of amides is 1. The number of carbonyl (C=O) groups is 1. The number of thioether (sulfide) groups is 1. The van der Waals surface area contributed by atoms with Crippen LogP contribution in [0.25, 0.3) is 0 Å². The predicted molar refractivity (Wildman–Crippen MR) is 95.0 cm³/mol. The largest absolute Gasteiger partial charge is 0.488 e. The first-order valence-electron chi connectivity index (χ1n) is 8.78. The lowest BCUT2D eigenvalue weighted by Gasteiger charge is -2.47. The van der Waals surface area contributed by atoms with Gasteiger partial charge < -0.3 is 9.64 Å². The third-order valence-electron chi connectivity index (χ3n) is 5.37. The van der Waals surface area contributed by atoms with Gasteiger partial charge in [-0.2, -0.15) is 5.10 Å². The number of hydrogen-bond donors (Lipinski definition) is 1. The van der Waals surface area contributed by atoms with Crippen LogP contribution in [0.2, 0.25) is 0 Å². The van der Waals surface area contributed by atoms with E-state index < -0.39 is 0 Å². The summed E-state index contributed by atoms with van der Waals surface area (Å²) in [7, 11) is 0. The first-order chi connectivity index (χ1) is 12.2. The molecule has 0 aromatic carbocycles. The fourth-order valence-corrected chi connectivity index (χ4v) is 5.67. The summed E-state index contributed by atoms with van der Waals surface area (Å²) in [5.74, 6) is 1.88. The minimum absolute atomic E-state index is 0.0854. The number of aromatic amines is 1. The second-order valence-electron chi connectivity index (χ2n) is 7.17. The van der Waals surface area contributed by atoms with E-state index in [0.717, 1.165) is 61.5 Å². The Kier molecular flexibility index (Phi) is 3.51. The highest BCUT2D eigenvalue weighted by Gasteiger charge is 2.52. The number of aryl methyl sites for hydroxylation is 1. The molecule has 130 valence electrons. The van der Waals surface area contributed by atoms with E-state index in [0.29, 0.717) is 5.69 Å². The molecule has 2 aromatic rings. The normalized spacial score (nSPS) is 23.5. The van der Waals surface area contributed by atoms with Crippen LogP contribution < -0.4 is 4.74 Å². The summed E-state index contributed by atoms with van der Waals surface area (Å²) in [6, 6.07) is 3.83. The van der Waals surface area contributed by atoms with Crippen molar-refractivity contribution in [3.05, 3.63) is 41.5 Å². The average molecular weight is 356 g/mol. The van der Waals surface area contributed by atoms with Crippen LogP contribution in [0.4, 0.5) is 0 Å². The third kappa shape index (κ3) is 2.61. The minimum atomic E-state index is 0.0854. The Hall–Kier alpha value is -2.02. The topological polar surface area (TPSA) is 71.1 Å². The standard InChI is InChI=1S/C18H20N4O2S/c23-17(16-14-4-1-5-15(14)20-21-16)22-10-18(11-22)7-13(9-25-18)24-12-3-2-6-19-8-12/h2-3,6,8,13H,1,4-5,7,9-11H2,(H,20,21)/t13-/m1/s1. The summed E-state index contributed by atoms with van der Waals surface area (Å²) in [4.78, 5) is 18.8. The lowest BCUT2D eigenvalue weighted by molar-refractivity contribution is 0.0511. The maximum absolute atomic E-state index is 12.8. The number of likely N-dealkylation sites (tertiary alicyclic amines) is 1. The number of fused-ring (bicyclic) bond motifs is 1. The van der Waals surface area contributed by atoms with E-state index in [1.165, 1.54) is 0 Å². The highest BCUT2D eigenvalue weighted by molar-refractivity contribution is 8.01. The van der Waals surface area contributed by atoms with Gasteiger partial charge in [0.05, 0.1) is 10.9 Å². The molecule has 1 amide bonds. The van der Waals surface area contributed by atoms with Gasteiger partial charge in [0.2, 0.25) is 0 Å². The fourth-order valence-electron chi connectivity index (χ4n) is 4.15. The second-order valence-corrected chi connectivity index (χ2v) is 8.66. The number of hydrogen-bond acceptors (Lipinski definition) is 5. The molecule has 0 radical (unpaired) electrons. The Morgan fingerprint density at radius 3 is 3.16 bits per heavy atom. The van der Waals surface area contributed by atoms with E-state index in [9.17, 15) is 4.79 Å². The first kappa shape index (κ1) is 15.3. The van der Waals surface area contributed by atoms with Crippen molar-refractivity contribution in [3.8, 4) is 5.75 Å². The summed E-state index contributed by atoms with van der Waals surface area (Å²) in [6.45, 7) is 1.59. The van der Waals surface area contributed by atoms with Crippen molar-refractivity contribution in [1.82, 2.24) is 20.1 Å². The smallest absolute Gasteiger partial charge is 0.274 e. The number of carbonyl (C=O) groups excluding carboxylic acids is 1. The van der Waals surface area contributed by atoms with Crippen LogP contribution >= 0.6 is 11.8 Å². The van der Waals surface area contributed by atoms with E-state index >= 15 is 0 Å². The molecule has 5 rings (SSSR count). The van der Waals surface area contributed by atoms with Crippen LogP contribution in [0, 0.1) is 0 Å². The average Bonchev–Trinajstić information content (AvgIpc) is 3.29. The van der Waals surface area contributed by atoms with Crippen LogP contribution in [0.1, 0.15) is 34.6 Å². The quantitative estimate of drug-likeness (QED) is 0.912. The lowest BCUT2D eigenvalue weighted by Crippen LogP contribution is -2.61. The molecule has 2 aliphatic heterocycles. The van der Waals surface area contributed by atoms with Gasteiger partial charge in [0, 0.05) is 42.7 Å². The molecule has 25 heavy (non-hydrogen) atoms. The zero-order valence-corrected chi connectivity index (χ0v) is 14.7. The van der Waals surface area contributed by atoms with Crippen molar-refractivity contribution >= 4 is 17.7 Å². The summed E-state index contributed by atoms with van der Waals surface area (Å²) in [6.07, 6.45) is 7.79. The maximum atomic E-state index is 12.8. The number of nitrogens with one attached hydrogen (secondary N) is 1. The van der Waals surface area contributed by atoms with Crippen molar-refractivity contribution in [2.24, 2.45) is 0 Å². The van der Waals surface area contributed by atoms with Gasteiger partial charge in [-0.1, -0.05) is 0 Å². The molecule has 2 saturated heterocycles. The number of aromatic nitrogens is 3. The second kappa shape index (κ2) is 5.76. The van der Waals surface area contributed by atoms with Gasteiger partial charge in [-0.15, -0.1) is 11.8 Å². The van der Waals surface area contributed by atoms with Gasteiger partial charge in [-0.3, -0.25) is 14.9 Å². The Morgan fingerprint density at radius 2 is 2.32 bits per heavy atom. The summed E-state index contributed by atoms with van der Waals surface area (Å²) in [5, 5.41) is 7.31. The van der Waals surface area contributed by atoms with Crippen LogP contribution in [-0.2, 0) is 12.8 Å². The Labute approximate surface area is 150 Å².